The lowest BCUT2D eigenvalue weighted by Crippen LogP contribution is -2.20. The summed E-state index contributed by atoms with van der Waals surface area (Å²) in [4.78, 5) is 26.0. The van der Waals surface area contributed by atoms with Crippen molar-refractivity contribution in [2.75, 3.05) is 23.1 Å². The number of anilines is 3. The number of urea groups is 1. The smallest absolute Gasteiger partial charge is 0.323 e. The van der Waals surface area contributed by atoms with E-state index in [1.54, 1.807) is 42.9 Å². The number of nitrogens with one attached hydrogen (secondary N) is 3. The van der Waals surface area contributed by atoms with E-state index < -0.39 is 12.7 Å². The molecule has 0 aliphatic rings. The van der Waals surface area contributed by atoms with Crippen LogP contribution in [0.15, 0.2) is 85.6 Å². The second kappa shape index (κ2) is 10.7. The third kappa shape index (κ3) is 5.48. The molecule has 0 aliphatic carbocycles. The summed E-state index contributed by atoms with van der Waals surface area (Å²) in [6, 6.07) is 15.5. The number of carbonyl (C=O) groups is 1. The zero-order valence-corrected chi connectivity index (χ0v) is 20.0. The maximum atomic E-state index is 13.1. The first-order valence-electron chi connectivity index (χ1n) is 11.5. The van der Waals surface area contributed by atoms with Crippen molar-refractivity contribution in [3.8, 4) is 17.0 Å². The largest absolute Gasteiger partial charge is 0.495 e. The summed E-state index contributed by atoms with van der Waals surface area (Å²) in [7, 11) is 1.49. The highest BCUT2D eigenvalue weighted by molar-refractivity contribution is 6.01. The van der Waals surface area contributed by atoms with Crippen LogP contribution in [0, 0.1) is 0 Å². The van der Waals surface area contributed by atoms with Gasteiger partial charge in [-0.1, -0.05) is 18.2 Å². The lowest BCUT2D eigenvalue weighted by Gasteiger charge is -2.13. The molecule has 0 unspecified atom stereocenters. The Bertz CT molecular complexity index is 1540. The minimum absolute atomic E-state index is 0.378. The van der Waals surface area contributed by atoms with Crippen molar-refractivity contribution in [2.24, 2.45) is 0 Å². The number of alkyl halides is 1. The first-order valence-corrected chi connectivity index (χ1v) is 11.5. The molecule has 2 amide bonds. The molecule has 9 nitrogen and oxygen atoms in total. The first kappa shape index (κ1) is 23.7. The number of amides is 2. The highest BCUT2D eigenvalue weighted by atomic mass is 19.1. The normalized spacial score (nSPS) is 10.8. The van der Waals surface area contributed by atoms with Gasteiger partial charge in [0.05, 0.1) is 18.5 Å². The molecule has 3 aromatic heterocycles. The van der Waals surface area contributed by atoms with Crippen molar-refractivity contribution in [3.05, 3.63) is 96.7 Å². The molecule has 3 heterocycles. The van der Waals surface area contributed by atoms with Crippen LogP contribution < -0.4 is 20.7 Å². The number of benzene rings is 2. The van der Waals surface area contributed by atoms with E-state index in [2.05, 4.69) is 25.9 Å². The number of halogens is 1. The first-order chi connectivity index (χ1) is 18.1. The monoisotopic (exact) mass is 497 g/mol. The van der Waals surface area contributed by atoms with Gasteiger partial charge in [-0.2, -0.15) is 0 Å². The molecule has 10 heteroatoms. The molecular weight excluding hydrogens is 473 g/mol. The van der Waals surface area contributed by atoms with Gasteiger partial charge in [-0.3, -0.25) is 4.98 Å². The fourth-order valence-corrected chi connectivity index (χ4v) is 3.85. The summed E-state index contributed by atoms with van der Waals surface area (Å²) >= 11 is 0. The van der Waals surface area contributed by atoms with Crippen LogP contribution in [0.5, 0.6) is 5.75 Å². The third-order valence-corrected chi connectivity index (χ3v) is 5.67. The van der Waals surface area contributed by atoms with E-state index in [0.29, 0.717) is 46.4 Å². The van der Waals surface area contributed by atoms with E-state index >= 15 is 0 Å². The molecule has 0 aliphatic heterocycles. The van der Waals surface area contributed by atoms with E-state index in [1.165, 1.54) is 7.11 Å². The molecule has 5 aromatic rings. The fraction of sp³-hybridized carbons (Fsp3) is 0.111. The van der Waals surface area contributed by atoms with Crippen LogP contribution in [0.4, 0.5) is 26.4 Å². The van der Waals surface area contributed by atoms with Gasteiger partial charge >= 0.3 is 6.03 Å². The Morgan fingerprint density at radius 1 is 1.03 bits per heavy atom. The summed E-state index contributed by atoms with van der Waals surface area (Å²) < 4.78 is 20.3. The Morgan fingerprint density at radius 3 is 2.70 bits per heavy atom. The molecule has 186 valence electrons. The van der Waals surface area contributed by atoms with E-state index in [1.807, 2.05) is 47.1 Å². The Balaban J connectivity index is 1.36. The van der Waals surface area contributed by atoms with Gasteiger partial charge in [0.1, 0.15) is 12.4 Å². The number of pyridine rings is 1. The summed E-state index contributed by atoms with van der Waals surface area (Å²) in [6.45, 7) is -0.0771. The van der Waals surface area contributed by atoms with E-state index in [4.69, 9.17) is 9.72 Å². The molecule has 0 bridgehead atoms. The minimum atomic E-state index is -0.643. The van der Waals surface area contributed by atoms with Gasteiger partial charge in [-0.05, 0) is 47.5 Å². The number of imidazole rings is 1. The second-order valence-electron chi connectivity index (χ2n) is 8.17. The number of aromatic nitrogens is 4. The van der Waals surface area contributed by atoms with Crippen molar-refractivity contribution in [3.63, 3.8) is 0 Å². The minimum Gasteiger partial charge on any atom is -0.495 e. The molecule has 0 fully saturated rings. The van der Waals surface area contributed by atoms with Crippen LogP contribution in [0.2, 0.25) is 0 Å². The average molecular weight is 498 g/mol. The Kier molecular flexibility index (Phi) is 6.89. The molecule has 0 saturated heterocycles. The molecule has 3 N–H and O–H groups in total. The molecule has 2 aromatic carbocycles. The highest BCUT2D eigenvalue weighted by Gasteiger charge is 2.12. The van der Waals surface area contributed by atoms with Crippen molar-refractivity contribution in [2.45, 2.75) is 13.2 Å². The second-order valence-corrected chi connectivity index (χ2v) is 8.17. The fourth-order valence-electron chi connectivity index (χ4n) is 3.85. The molecule has 37 heavy (non-hydrogen) atoms. The van der Waals surface area contributed by atoms with Gasteiger partial charge < -0.3 is 25.1 Å². The van der Waals surface area contributed by atoms with Gasteiger partial charge in [-0.15, -0.1) is 0 Å². The van der Waals surface area contributed by atoms with Crippen LogP contribution in [0.25, 0.3) is 16.9 Å². The van der Waals surface area contributed by atoms with Crippen molar-refractivity contribution >= 4 is 28.9 Å². The quantitative estimate of drug-likeness (QED) is 0.261. The Hall–Kier alpha value is -4.99. The predicted molar refractivity (Wildman–Crippen MR) is 140 cm³/mol. The summed E-state index contributed by atoms with van der Waals surface area (Å²) in [5, 5.41) is 8.89. The van der Waals surface area contributed by atoms with Crippen LogP contribution in [-0.4, -0.2) is 32.5 Å². The number of fused-ring (bicyclic) bond motifs is 1. The van der Waals surface area contributed by atoms with E-state index in [0.717, 1.165) is 11.1 Å². The van der Waals surface area contributed by atoms with Crippen molar-refractivity contribution in [1.82, 2.24) is 19.4 Å². The topological polar surface area (TPSA) is 105 Å². The molecule has 0 saturated carbocycles. The van der Waals surface area contributed by atoms with E-state index in [-0.39, 0.29) is 0 Å². The van der Waals surface area contributed by atoms with Crippen LogP contribution >= 0.6 is 0 Å². The molecule has 5 rings (SSSR count). The zero-order chi connectivity index (χ0) is 25.6. The highest BCUT2D eigenvalue weighted by Crippen LogP contribution is 2.27. The molecule has 0 spiro atoms. The number of hydrogen-bond acceptors (Lipinski definition) is 6. The Morgan fingerprint density at radius 2 is 1.89 bits per heavy atom. The number of carbonyl (C=O) groups excluding carboxylic acids is 1. The Labute approximate surface area is 212 Å². The van der Waals surface area contributed by atoms with Crippen LogP contribution in [0.3, 0.4) is 0 Å². The van der Waals surface area contributed by atoms with Crippen LogP contribution in [-0.2, 0) is 13.2 Å². The molecule has 0 atom stereocenters. The van der Waals surface area contributed by atoms with Gasteiger partial charge in [0, 0.05) is 48.8 Å². The van der Waals surface area contributed by atoms with Crippen molar-refractivity contribution in [1.29, 1.82) is 0 Å². The van der Waals surface area contributed by atoms with Gasteiger partial charge in [0.2, 0.25) is 0 Å². The maximum absolute atomic E-state index is 13.1. The summed E-state index contributed by atoms with van der Waals surface area (Å²) in [6.07, 6.45) is 8.94. The average Bonchev–Trinajstić information content (AvgIpc) is 3.41. The lowest BCUT2D eigenvalue weighted by atomic mass is 10.1. The van der Waals surface area contributed by atoms with Gasteiger partial charge in [-0.25, -0.2) is 19.2 Å². The maximum Gasteiger partial charge on any atom is 0.323 e. The van der Waals surface area contributed by atoms with Crippen LogP contribution in [0.1, 0.15) is 11.1 Å². The van der Waals surface area contributed by atoms with Gasteiger partial charge in [0.15, 0.2) is 11.5 Å². The zero-order valence-electron chi connectivity index (χ0n) is 20.0. The number of methoxy groups -OCH3 is 1. The number of hydrogen-bond donors (Lipinski definition) is 3. The molecule has 0 radical (unpaired) electrons. The third-order valence-electron chi connectivity index (χ3n) is 5.67. The summed E-state index contributed by atoms with van der Waals surface area (Å²) in [5.74, 6) is 1.07. The standard InChI is InChI=1S/C27H24FN7O2/c1-37-24-6-5-19(15-28)13-22(24)34-27(36)32-21-4-2-3-20(14-21)23-17-35-12-11-30-26(35)25(33-23)31-16-18-7-9-29-10-8-18/h2-14,17H,15-16H2,1H3,(H,31,33)(H2,32,34,36). The molecular formula is C27H24FN7O2. The number of nitrogens with zero attached hydrogens (tertiary/aromatic N) is 4. The van der Waals surface area contributed by atoms with Crippen molar-refractivity contribution < 1.29 is 13.9 Å². The van der Waals surface area contributed by atoms with E-state index in [9.17, 15) is 9.18 Å². The summed E-state index contributed by atoms with van der Waals surface area (Å²) in [5.41, 5.74) is 4.65. The van der Waals surface area contributed by atoms with Gasteiger partial charge in [0.25, 0.3) is 0 Å². The lowest BCUT2D eigenvalue weighted by molar-refractivity contribution is 0.262. The number of ether oxygens (including phenoxy) is 1. The number of rotatable bonds is 8. The predicted octanol–water partition coefficient (Wildman–Crippen LogP) is 5.53. The SMILES string of the molecule is COc1ccc(CF)cc1NC(=O)Nc1cccc(-c2cn3ccnc3c(NCc3ccncc3)n2)c1.